The van der Waals surface area contributed by atoms with Gasteiger partial charge in [-0.25, -0.2) is 0 Å². The summed E-state index contributed by atoms with van der Waals surface area (Å²) in [6.07, 6.45) is 1.55. The van der Waals surface area contributed by atoms with Crippen LogP contribution in [0.4, 0.5) is 0 Å². The predicted octanol–water partition coefficient (Wildman–Crippen LogP) is 2.20. The summed E-state index contributed by atoms with van der Waals surface area (Å²) in [4.78, 5) is 21.6. The van der Waals surface area contributed by atoms with Crippen LogP contribution < -0.4 is 4.74 Å². The van der Waals surface area contributed by atoms with Crippen molar-refractivity contribution in [2.75, 3.05) is 6.61 Å². The van der Waals surface area contributed by atoms with Crippen LogP contribution >= 0.6 is 0 Å². The van der Waals surface area contributed by atoms with E-state index < -0.39 is 0 Å². The van der Waals surface area contributed by atoms with Crippen molar-refractivity contribution in [1.29, 1.82) is 0 Å². The first kappa shape index (κ1) is 11.4. The van der Waals surface area contributed by atoms with E-state index in [4.69, 9.17) is 4.74 Å². The lowest BCUT2D eigenvalue weighted by Crippen LogP contribution is -2.03. The van der Waals surface area contributed by atoms with E-state index in [1.54, 1.807) is 25.1 Å². The molecule has 1 unspecified atom stereocenters. The van der Waals surface area contributed by atoms with E-state index in [1.165, 1.54) is 0 Å². The van der Waals surface area contributed by atoms with Gasteiger partial charge in [-0.05, 0) is 18.6 Å². The van der Waals surface area contributed by atoms with Crippen LogP contribution in [-0.2, 0) is 4.79 Å². The molecule has 0 saturated carbocycles. The lowest BCUT2D eigenvalue weighted by atomic mass is 9.97. The van der Waals surface area contributed by atoms with E-state index in [-0.39, 0.29) is 5.92 Å². The first-order chi connectivity index (χ1) is 7.24. The van der Waals surface area contributed by atoms with Gasteiger partial charge in [-0.15, -0.1) is 0 Å². The number of hydrogen-bond acceptors (Lipinski definition) is 3. The molecule has 0 aliphatic carbocycles. The molecule has 1 aromatic carbocycles. The molecule has 3 nitrogen and oxygen atoms in total. The minimum atomic E-state index is -0.286. The van der Waals surface area contributed by atoms with Crippen molar-refractivity contribution in [2.24, 2.45) is 0 Å². The Labute approximate surface area is 89.1 Å². The third-order valence-corrected chi connectivity index (χ3v) is 2.21. The third-order valence-electron chi connectivity index (χ3n) is 2.21. The zero-order valence-electron chi connectivity index (χ0n) is 8.90. The maximum Gasteiger partial charge on any atom is 0.154 e. The van der Waals surface area contributed by atoms with Crippen LogP contribution in [0, 0.1) is 0 Å². The van der Waals surface area contributed by atoms with Crippen LogP contribution in [0.5, 0.6) is 5.75 Å². The van der Waals surface area contributed by atoms with Crippen LogP contribution in [0.2, 0.25) is 0 Å². The van der Waals surface area contributed by atoms with E-state index in [0.29, 0.717) is 23.5 Å². The van der Waals surface area contributed by atoms with Gasteiger partial charge in [0.05, 0.1) is 12.2 Å². The van der Waals surface area contributed by atoms with Gasteiger partial charge < -0.3 is 9.53 Å². The minimum Gasteiger partial charge on any atom is -0.493 e. The number of aldehydes is 2. The molecule has 80 valence electrons. The van der Waals surface area contributed by atoms with Crippen molar-refractivity contribution in [3.05, 3.63) is 29.3 Å². The Kier molecular flexibility index (Phi) is 4.03. The second-order valence-electron chi connectivity index (χ2n) is 3.23. The molecule has 0 bridgehead atoms. The van der Waals surface area contributed by atoms with Gasteiger partial charge in [0.25, 0.3) is 0 Å². The molecule has 1 aromatic rings. The molecular formula is C12H14O3. The summed E-state index contributed by atoms with van der Waals surface area (Å²) in [7, 11) is 0. The largest absolute Gasteiger partial charge is 0.493 e. The van der Waals surface area contributed by atoms with Crippen LogP contribution in [0.15, 0.2) is 18.2 Å². The SMILES string of the molecule is CCOc1cccc(C(C)C=O)c1C=O. The van der Waals surface area contributed by atoms with E-state index in [2.05, 4.69) is 0 Å². The van der Waals surface area contributed by atoms with Gasteiger partial charge in [-0.3, -0.25) is 4.79 Å². The van der Waals surface area contributed by atoms with Gasteiger partial charge in [0, 0.05) is 5.92 Å². The van der Waals surface area contributed by atoms with Crippen molar-refractivity contribution in [3.63, 3.8) is 0 Å². The lowest BCUT2D eigenvalue weighted by Gasteiger charge is -2.12. The summed E-state index contributed by atoms with van der Waals surface area (Å²) in [5.41, 5.74) is 1.19. The molecule has 15 heavy (non-hydrogen) atoms. The maximum atomic E-state index is 10.9. The third kappa shape index (κ3) is 2.43. The first-order valence-corrected chi connectivity index (χ1v) is 4.90. The van der Waals surface area contributed by atoms with E-state index in [9.17, 15) is 9.59 Å². The molecule has 0 aliphatic rings. The van der Waals surface area contributed by atoms with Crippen molar-refractivity contribution in [3.8, 4) is 5.75 Å². The number of hydrogen-bond donors (Lipinski definition) is 0. The van der Waals surface area contributed by atoms with Crippen LogP contribution in [-0.4, -0.2) is 19.2 Å². The fourth-order valence-corrected chi connectivity index (χ4v) is 1.44. The Morgan fingerprint density at radius 3 is 2.67 bits per heavy atom. The van der Waals surface area contributed by atoms with Crippen LogP contribution in [0.25, 0.3) is 0 Å². The molecule has 0 radical (unpaired) electrons. The van der Waals surface area contributed by atoms with E-state index >= 15 is 0 Å². The van der Waals surface area contributed by atoms with Crippen molar-refractivity contribution < 1.29 is 14.3 Å². The Morgan fingerprint density at radius 1 is 1.40 bits per heavy atom. The zero-order valence-corrected chi connectivity index (χ0v) is 8.90. The highest BCUT2D eigenvalue weighted by Gasteiger charge is 2.13. The molecule has 0 spiro atoms. The summed E-state index contributed by atoms with van der Waals surface area (Å²) < 4.78 is 5.32. The standard InChI is InChI=1S/C12H14O3/c1-3-15-12-6-4-5-10(9(2)7-13)11(12)8-14/h4-9H,3H2,1-2H3. The van der Waals surface area contributed by atoms with Gasteiger partial charge in [-0.2, -0.15) is 0 Å². The number of carbonyl (C=O) groups is 2. The molecule has 0 amide bonds. The summed E-state index contributed by atoms with van der Waals surface area (Å²) >= 11 is 0. The predicted molar refractivity (Wildman–Crippen MR) is 57.5 cm³/mol. The maximum absolute atomic E-state index is 10.9. The molecule has 0 heterocycles. The molecule has 1 atom stereocenters. The Hall–Kier alpha value is -1.64. The van der Waals surface area contributed by atoms with Gasteiger partial charge in [0.1, 0.15) is 12.0 Å². The monoisotopic (exact) mass is 206 g/mol. The van der Waals surface area contributed by atoms with Gasteiger partial charge >= 0.3 is 0 Å². The lowest BCUT2D eigenvalue weighted by molar-refractivity contribution is -0.108. The van der Waals surface area contributed by atoms with Gasteiger partial charge in [0.2, 0.25) is 0 Å². The second kappa shape index (κ2) is 5.29. The van der Waals surface area contributed by atoms with E-state index in [0.717, 1.165) is 12.6 Å². The normalized spacial score (nSPS) is 11.9. The summed E-state index contributed by atoms with van der Waals surface area (Å²) in [6, 6.07) is 5.28. The topological polar surface area (TPSA) is 43.4 Å². The fourth-order valence-electron chi connectivity index (χ4n) is 1.44. The summed E-state index contributed by atoms with van der Waals surface area (Å²) in [5, 5.41) is 0. The molecule has 0 fully saturated rings. The molecule has 3 heteroatoms. The average Bonchev–Trinajstić information content (AvgIpc) is 2.28. The first-order valence-electron chi connectivity index (χ1n) is 4.90. The number of benzene rings is 1. The smallest absolute Gasteiger partial charge is 0.154 e. The Bertz CT molecular complexity index is 358. The van der Waals surface area contributed by atoms with Crippen LogP contribution in [0.3, 0.4) is 0 Å². The summed E-state index contributed by atoms with van der Waals surface area (Å²) in [5.74, 6) is 0.254. The number of rotatable bonds is 5. The van der Waals surface area contributed by atoms with E-state index in [1.807, 2.05) is 6.92 Å². The minimum absolute atomic E-state index is 0.286. The van der Waals surface area contributed by atoms with Gasteiger partial charge in [0.15, 0.2) is 6.29 Å². The highest BCUT2D eigenvalue weighted by atomic mass is 16.5. The quantitative estimate of drug-likeness (QED) is 0.693. The number of ether oxygens (including phenoxy) is 1. The van der Waals surface area contributed by atoms with Crippen molar-refractivity contribution in [1.82, 2.24) is 0 Å². The molecule has 0 saturated heterocycles. The highest BCUT2D eigenvalue weighted by molar-refractivity contribution is 5.84. The number of carbonyl (C=O) groups excluding carboxylic acids is 2. The Morgan fingerprint density at radius 2 is 2.13 bits per heavy atom. The molecule has 1 rings (SSSR count). The van der Waals surface area contributed by atoms with Crippen LogP contribution in [0.1, 0.15) is 35.7 Å². The average molecular weight is 206 g/mol. The molecule has 0 aliphatic heterocycles. The Balaban J connectivity index is 3.20. The van der Waals surface area contributed by atoms with Crippen molar-refractivity contribution in [2.45, 2.75) is 19.8 Å². The molecule has 0 N–H and O–H groups in total. The molecule has 0 aromatic heterocycles. The zero-order chi connectivity index (χ0) is 11.3. The summed E-state index contributed by atoms with van der Waals surface area (Å²) in [6.45, 7) is 4.11. The highest BCUT2D eigenvalue weighted by Crippen LogP contribution is 2.25. The second-order valence-corrected chi connectivity index (χ2v) is 3.23. The van der Waals surface area contributed by atoms with Crippen molar-refractivity contribution >= 4 is 12.6 Å². The van der Waals surface area contributed by atoms with Gasteiger partial charge in [-0.1, -0.05) is 19.1 Å². The molecular weight excluding hydrogens is 192 g/mol. The fraction of sp³-hybridized carbons (Fsp3) is 0.333.